The van der Waals surface area contributed by atoms with Gasteiger partial charge in [0, 0.05) is 17.6 Å². The average Bonchev–Trinajstić information content (AvgIpc) is 3.15. The predicted octanol–water partition coefficient (Wildman–Crippen LogP) is 4.03. The smallest absolute Gasteiger partial charge is 0.224 e. The monoisotopic (exact) mass is 517 g/mol. The van der Waals surface area contributed by atoms with Gasteiger partial charge in [-0.3, -0.25) is 9.59 Å². The maximum absolute atomic E-state index is 13.4. The van der Waals surface area contributed by atoms with Crippen LogP contribution in [0, 0.1) is 34.9 Å². The van der Waals surface area contributed by atoms with Crippen LogP contribution in [-0.2, 0) is 16.1 Å². The van der Waals surface area contributed by atoms with Crippen LogP contribution in [-0.4, -0.2) is 42.9 Å². The van der Waals surface area contributed by atoms with Gasteiger partial charge in [-0.15, -0.1) is 0 Å². The highest BCUT2D eigenvalue weighted by Crippen LogP contribution is 2.72. The van der Waals surface area contributed by atoms with Gasteiger partial charge in [0.05, 0.1) is 11.8 Å². The third-order valence-corrected chi connectivity index (χ3v) is 9.05. The molecule has 5 nitrogen and oxygen atoms in total. The van der Waals surface area contributed by atoms with Crippen molar-refractivity contribution in [2.24, 2.45) is 29.1 Å². The fraction of sp³-hybridized carbons (Fsp3) is 0.615. The maximum Gasteiger partial charge on any atom is 0.224 e. The summed E-state index contributed by atoms with van der Waals surface area (Å²) in [5.74, 6) is -0.663. The number of allylic oxidation sites excluding steroid dienone is 2. The third-order valence-electron chi connectivity index (χ3n) is 8.31. The molecular weight excluding hydrogens is 485 g/mol. The van der Waals surface area contributed by atoms with E-state index >= 15 is 0 Å². The van der Waals surface area contributed by atoms with Crippen molar-refractivity contribution in [3.05, 3.63) is 46.2 Å². The van der Waals surface area contributed by atoms with Crippen LogP contribution >= 0.6 is 15.9 Å². The normalized spacial score (nSPS) is 29.0. The first-order valence-corrected chi connectivity index (χ1v) is 13.2. The molecule has 5 rings (SSSR count). The van der Waals surface area contributed by atoms with E-state index in [4.69, 9.17) is 0 Å². The molecule has 0 radical (unpaired) electrons. The standard InChI is InChI=1S/C26H33BrFN3O2/c27-21-15-18(28)6-5-17(21)16-30-25(33)23-20-8-7-19(26(20)9-10-26)22(23)24(32)29-11-1-2-12-31-13-3-4-14-31/h5-8,15,19-20,22-23H,1-4,9-14,16H2,(H,29,32)(H,30,33)/t19-,20+,22-,23-/m1/s1. The SMILES string of the molecule is O=C(NCCCCN1CCCC1)[C@H]1[C@H](C(=O)NCc2ccc(F)cc2Br)[C@@H]2C=C[C@H]1C21CC1. The molecule has 2 saturated carbocycles. The first-order valence-electron chi connectivity index (χ1n) is 12.4. The van der Waals surface area contributed by atoms with E-state index in [-0.39, 0.29) is 46.7 Å². The van der Waals surface area contributed by atoms with Crippen LogP contribution in [0.2, 0.25) is 0 Å². The Hall–Kier alpha value is -1.73. The average molecular weight is 518 g/mol. The summed E-state index contributed by atoms with van der Waals surface area (Å²) < 4.78 is 14.0. The number of halogens is 2. The van der Waals surface area contributed by atoms with Crippen LogP contribution in [0.3, 0.4) is 0 Å². The highest BCUT2D eigenvalue weighted by atomic mass is 79.9. The first kappa shape index (κ1) is 23.0. The second-order valence-corrected chi connectivity index (χ2v) is 11.1. The summed E-state index contributed by atoms with van der Waals surface area (Å²) in [6.45, 7) is 4.51. The molecule has 2 amide bonds. The molecular formula is C26H33BrFN3O2. The van der Waals surface area contributed by atoms with Crippen molar-refractivity contribution in [1.29, 1.82) is 0 Å². The number of nitrogens with one attached hydrogen (secondary N) is 2. The number of nitrogens with zero attached hydrogens (tertiary/aromatic N) is 1. The molecule has 1 saturated heterocycles. The van der Waals surface area contributed by atoms with Gasteiger partial charge in [-0.05, 0) is 93.1 Å². The zero-order chi connectivity index (χ0) is 23.0. The molecule has 33 heavy (non-hydrogen) atoms. The lowest BCUT2D eigenvalue weighted by atomic mass is 9.81. The van der Waals surface area contributed by atoms with E-state index < -0.39 is 0 Å². The van der Waals surface area contributed by atoms with E-state index in [1.54, 1.807) is 6.07 Å². The zero-order valence-electron chi connectivity index (χ0n) is 19.0. The van der Waals surface area contributed by atoms with Crippen LogP contribution in [0.25, 0.3) is 0 Å². The Bertz CT molecular complexity index is 941. The van der Waals surface area contributed by atoms with Gasteiger partial charge in [0.25, 0.3) is 0 Å². The molecule has 178 valence electrons. The Morgan fingerprint density at radius 1 is 1.03 bits per heavy atom. The number of hydrogen-bond donors (Lipinski definition) is 2. The van der Waals surface area contributed by atoms with Crippen molar-refractivity contribution >= 4 is 27.7 Å². The van der Waals surface area contributed by atoms with E-state index in [0.29, 0.717) is 17.6 Å². The van der Waals surface area contributed by atoms with Gasteiger partial charge in [-0.1, -0.05) is 34.1 Å². The third kappa shape index (κ3) is 4.51. The van der Waals surface area contributed by atoms with Crippen molar-refractivity contribution < 1.29 is 14.0 Å². The van der Waals surface area contributed by atoms with Crippen LogP contribution in [0.5, 0.6) is 0 Å². The van der Waals surface area contributed by atoms with Crippen molar-refractivity contribution in [3.63, 3.8) is 0 Å². The Morgan fingerprint density at radius 3 is 2.33 bits per heavy atom. The summed E-state index contributed by atoms with van der Waals surface area (Å²) in [5.41, 5.74) is 0.944. The molecule has 1 heterocycles. The number of carbonyl (C=O) groups excluding carboxylic acids is 2. The molecule has 0 aromatic heterocycles. The minimum Gasteiger partial charge on any atom is -0.356 e. The summed E-state index contributed by atoms with van der Waals surface area (Å²) >= 11 is 3.37. The lowest BCUT2D eigenvalue weighted by molar-refractivity contribution is -0.135. The Morgan fingerprint density at radius 2 is 1.70 bits per heavy atom. The first-order chi connectivity index (χ1) is 16.0. The Balaban J connectivity index is 1.18. The molecule has 3 fully saturated rings. The summed E-state index contributed by atoms with van der Waals surface area (Å²) in [4.78, 5) is 29.1. The number of unbranched alkanes of at least 4 members (excludes halogenated alkanes) is 1. The number of rotatable bonds is 9. The number of benzene rings is 1. The molecule has 4 aliphatic rings. The number of hydrogen-bond acceptors (Lipinski definition) is 3. The van der Waals surface area contributed by atoms with Crippen LogP contribution in [0.15, 0.2) is 34.8 Å². The van der Waals surface area contributed by atoms with Gasteiger partial charge in [-0.25, -0.2) is 4.39 Å². The van der Waals surface area contributed by atoms with E-state index in [1.165, 1.54) is 38.1 Å². The van der Waals surface area contributed by atoms with Gasteiger partial charge in [-0.2, -0.15) is 0 Å². The van der Waals surface area contributed by atoms with Crippen LogP contribution in [0.4, 0.5) is 4.39 Å². The van der Waals surface area contributed by atoms with Gasteiger partial charge in [0.2, 0.25) is 11.8 Å². The summed E-state index contributed by atoms with van der Waals surface area (Å²) in [6.07, 6.45) is 11.2. The molecule has 1 spiro atoms. The van der Waals surface area contributed by atoms with Gasteiger partial charge in [0.15, 0.2) is 0 Å². The van der Waals surface area contributed by atoms with Gasteiger partial charge in [0.1, 0.15) is 5.82 Å². The van der Waals surface area contributed by atoms with E-state index in [0.717, 1.165) is 37.8 Å². The molecule has 4 atom stereocenters. The highest BCUT2D eigenvalue weighted by molar-refractivity contribution is 9.10. The van der Waals surface area contributed by atoms with Crippen molar-refractivity contribution in [2.75, 3.05) is 26.2 Å². The Labute approximate surface area is 203 Å². The highest BCUT2D eigenvalue weighted by Gasteiger charge is 2.69. The second kappa shape index (κ2) is 9.49. The van der Waals surface area contributed by atoms with Crippen LogP contribution < -0.4 is 10.6 Å². The number of amides is 2. The summed E-state index contributed by atoms with van der Waals surface area (Å²) in [7, 11) is 0. The second-order valence-electron chi connectivity index (χ2n) is 10.2. The summed E-state index contributed by atoms with van der Waals surface area (Å²) in [6, 6.07) is 4.47. The molecule has 2 bridgehead atoms. The quantitative estimate of drug-likeness (QED) is 0.384. The predicted molar refractivity (Wildman–Crippen MR) is 129 cm³/mol. The number of likely N-dealkylation sites (tertiary alicyclic amines) is 1. The lowest BCUT2D eigenvalue weighted by Gasteiger charge is -2.26. The van der Waals surface area contributed by atoms with E-state index in [1.807, 2.05) is 0 Å². The minimum absolute atomic E-state index is 0.0300. The lowest BCUT2D eigenvalue weighted by Crippen LogP contribution is -2.44. The van der Waals surface area contributed by atoms with Gasteiger partial charge >= 0.3 is 0 Å². The minimum atomic E-state index is -0.327. The number of carbonyl (C=O) groups is 2. The zero-order valence-corrected chi connectivity index (χ0v) is 20.6. The molecule has 2 N–H and O–H groups in total. The fourth-order valence-electron chi connectivity index (χ4n) is 6.47. The van der Waals surface area contributed by atoms with E-state index in [9.17, 15) is 14.0 Å². The molecule has 1 aromatic carbocycles. The largest absolute Gasteiger partial charge is 0.356 e. The Kier molecular flexibility index (Phi) is 6.62. The van der Waals surface area contributed by atoms with Crippen molar-refractivity contribution in [3.8, 4) is 0 Å². The fourth-order valence-corrected chi connectivity index (χ4v) is 6.96. The van der Waals surface area contributed by atoms with E-state index in [2.05, 4.69) is 43.6 Å². The van der Waals surface area contributed by atoms with Crippen molar-refractivity contribution in [2.45, 2.75) is 45.1 Å². The molecule has 3 aliphatic carbocycles. The maximum atomic E-state index is 13.4. The van der Waals surface area contributed by atoms with Gasteiger partial charge < -0.3 is 15.5 Å². The molecule has 1 aromatic rings. The van der Waals surface area contributed by atoms with Crippen LogP contribution in [0.1, 0.15) is 44.1 Å². The summed E-state index contributed by atoms with van der Waals surface area (Å²) in [5, 5.41) is 6.19. The topological polar surface area (TPSA) is 61.4 Å². The molecule has 7 heteroatoms. The molecule has 1 aliphatic heterocycles. The van der Waals surface area contributed by atoms with Crippen molar-refractivity contribution in [1.82, 2.24) is 15.5 Å². The molecule has 0 unspecified atom stereocenters.